The molecule has 4 aromatic rings. The Balaban J connectivity index is 1.58. The molecule has 0 spiro atoms. The zero-order valence-electron chi connectivity index (χ0n) is 20.4. The van der Waals surface area contributed by atoms with Gasteiger partial charge in [0.25, 0.3) is 0 Å². The minimum absolute atomic E-state index is 0.0224. The highest BCUT2D eigenvalue weighted by Gasteiger charge is 2.61. The first-order valence-electron chi connectivity index (χ1n) is 11.6. The summed E-state index contributed by atoms with van der Waals surface area (Å²) in [6.07, 6.45) is -5.24. The number of aromatic carboxylic acids is 1. The summed E-state index contributed by atoms with van der Waals surface area (Å²) in [5, 5.41) is 23.4. The number of H-pyrrole nitrogens is 2. The summed E-state index contributed by atoms with van der Waals surface area (Å²) in [5.74, 6) is -7.98. The molecule has 0 saturated heterocycles. The van der Waals surface area contributed by atoms with Crippen LogP contribution in [0.5, 0.6) is 5.75 Å². The van der Waals surface area contributed by atoms with Gasteiger partial charge in [-0.1, -0.05) is 54.7 Å². The Morgan fingerprint density at radius 1 is 1.10 bits per heavy atom. The zero-order chi connectivity index (χ0) is 29.2. The van der Waals surface area contributed by atoms with Crippen molar-refractivity contribution in [3.05, 3.63) is 74.8 Å². The lowest BCUT2D eigenvalue weighted by Gasteiger charge is -2.19. The van der Waals surface area contributed by atoms with Gasteiger partial charge in [-0.05, 0) is 35.4 Å². The smallest absolute Gasteiger partial charge is 0.459 e. The molecule has 4 rings (SSSR count). The number of benzene rings is 2. The van der Waals surface area contributed by atoms with Crippen molar-refractivity contribution >= 4 is 29.2 Å². The van der Waals surface area contributed by atoms with Crippen LogP contribution in [0.3, 0.4) is 0 Å². The summed E-state index contributed by atoms with van der Waals surface area (Å²) in [5.41, 5.74) is -1.79. The highest BCUT2D eigenvalue weighted by molar-refractivity contribution is 6.39. The van der Waals surface area contributed by atoms with E-state index in [4.69, 9.17) is 27.9 Å². The second-order valence-electron chi connectivity index (χ2n) is 8.55. The fourth-order valence-corrected chi connectivity index (χ4v) is 4.56. The molecule has 0 aliphatic carbocycles. The third-order valence-electron chi connectivity index (χ3n) is 5.92. The van der Waals surface area contributed by atoms with Crippen LogP contribution in [0.4, 0.5) is 22.0 Å². The van der Waals surface area contributed by atoms with Crippen molar-refractivity contribution in [2.24, 2.45) is 0 Å². The topological polar surface area (TPSA) is 130 Å². The molecule has 0 radical (unpaired) electrons. The number of imidazole rings is 1. The van der Waals surface area contributed by atoms with E-state index in [0.29, 0.717) is 33.9 Å². The molecule has 0 saturated carbocycles. The maximum atomic E-state index is 14.1. The maximum Gasteiger partial charge on any atom is 0.459 e. The predicted molar refractivity (Wildman–Crippen MR) is 133 cm³/mol. The number of carbonyl (C=O) groups is 1. The Bertz CT molecular complexity index is 1490. The first-order valence-corrected chi connectivity index (χ1v) is 12.3. The van der Waals surface area contributed by atoms with Gasteiger partial charge in [-0.3, -0.25) is 0 Å². The van der Waals surface area contributed by atoms with Crippen LogP contribution in [0.25, 0.3) is 11.4 Å². The number of aromatic nitrogens is 6. The van der Waals surface area contributed by atoms with Gasteiger partial charge in [0, 0.05) is 11.5 Å². The van der Waals surface area contributed by atoms with Gasteiger partial charge in [0.15, 0.2) is 5.69 Å². The van der Waals surface area contributed by atoms with Gasteiger partial charge in [-0.15, -0.1) is 10.2 Å². The van der Waals surface area contributed by atoms with Crippen molar-refractivity contribution in [3.63, 3.8) is 0 Å². The van der Waals surface area contributed by atoms with E-state index in [0.717, 1.165) is 0 Å². The standard InChI is InChI=1S/C24H19Cl2F5N6O3/c1-2-3-14(20-32-18(22(38)39)19(33-20)23(27,28)24(29,30)31)11-4-7-13(8-5-11)40-10-12-6-9-15(25)16(17(12)26)21-34-36-37-35-21/h4-9,14H,2-3,10H2,1H3,(H,32,33)(H,38,39)(H,34,35,36,37). The van der Waals surface area contributed by atoms with Crippen molar-refractivity contribution < 1.29 is 36.6 Å². The van der Waals surface area contributed by atoms with Gasteiger partial charge in [-0.25, -0.2) is 9.78 Å². The van der Waals surface area contributed by atoms with Gasteiger partial charge in [0.2, 0.25) is 5.82 Å². The number of carboxylic acids is 1. The molecule has 40 heavy (non-hydrogen) atoms. The highest BCUT2D eigenvalue weighted by atomic mass is 35.5. The lowest BCUT2D eigenvalue weighted by molar-refractivity contribution is -0.291. The lowest BCUT2D eigenvalue weighted by atomic mass is 9.94. The number of rotatable bonds is 10. The number of carboxylic acid groups (broad SMARTS) is 1. The molecule has 0 aliphatic heterocycles. The summed E-state index contributed by atoms with van der Waals surface area (Å²) in [6.45, 7) is 1.80. The Morgan fingerprint density at radius 2 is 1.80 bits per heavy atom. The molecular weight excluding hydrogens is 586 g/mol. The summed E-state index contributed by atoms with van der Waals surface area (Å²) in [7, 11) is 0. The molecule has 2 aromatic carbocycles. The summed E-state index contributed by atoms with van der Waals surface area (Å²) >= 11 is 12.7. The minimum Gasteiger partial charge on any atom is -0.489 e. The largest absolute Gasteiger partial charge is 0.489 e. The van der Waals surface area contributed by atoms with Crippen molar-refractivity contribution in [1.82, 2.24) is 30.6 Å². The number of nitrogens with zero attached hydrogens (tertiary/aromatic N) is 4. The summed E-state index contributed by atoms with van der Waals surface area (Å²) in [4.78, 5) is 17.0. The predicted octanol–water partition coefficient (Wildman–Crippen LogP) is 6.76. The Labute approximate surface area is 232 Å². The number of hydrogen-bond donors (Lipinski definition) is 3. The van der Waals surface area contributed by atoms with Gasteiger partial charge in [0.05, 0.1) is 15.6 Å². The number of halogens is 7. The first kappa shape index (κ1) is 29.2. The van der Waals surface area contributed by atoms with E-state index >= 15 is 0 Å². The molecular formula is C24H19Cl2F5N6O3. The van der Waals surface area contributed by atoms with E-state index in [9.17, 15) is 31.9 Å². The molecule has 1 atom stereocenters. The van der Waals surface area contributed by atoms with E-state index in [1.807, 2.05) is 4.98 Å². The third kappa shape index (κ3) is 5.72. The SMILES string of the molecule is CCCC(c1ccc(OCc2ccc(Cl)c(-c3nn[nH]n3)c2Cl)cc1)c1nc(C(=O)O)c(C(F)(F)C(F)(F)F)[nH]1. The average Bonchev–Trinajstić information content (AvgIpc) is 3.58. The second kappa shape index (κ2) is 11.4. The molecule has 3 N–H and O–H groups in total. The molecule has 0 fully saturated rings. The van der Waals surface area contributed by atoms with Gasteiger partial charge < -0.3 is 14.8 Å². The number of alkyl halides is 5. The molecule has 2 heterocycles. The number of nitrogens with one attached hydrogen (secondary N) is 2. The van der Waals surface area contributed by atoms with Crippen LogP contribution in [0, 0.1) is 0 Å². The minimum atomic E-state index is -6.01. The third-order valence-corrected chi connectivity index (χ3v) is 6.67. The van der Waals surface area contributed by atoms with Crippen molar-refractivity contribution in [3.8, 4) is 17.1 Å². The molecule has 0 bridgehead atoms. The maximum absolute atomic E-state index is 14.1. The van der Waals surface area contributed by atoms with E-state index in [1.165, 1.54) is 0 Å². The number of aromatic amines is 2. The van der Waals surface area contributed by atoms with Gasteiger partial charge in [-0.2, -0.15) is 27.2 Å². The van der Waals surface area contributed by atoms with Crippen molar-refractivity contribution in [1.29, 1.82) is 0 Å². The van der Waals surface area contributed by atoms with Gasteiger partial charge >= 0.3 is 18.1 Å². The summed E-state index contributed by atoms with van der Waals surface area (Å²) < 4.78 is 72.9. The van der Waals surface area contributed by atoms with Crippen LogP contribution >= 0.6 is 23.2 Å². The van der Waals surface area contributed by atoms with E-state index < -0.39 is 35.4 Å². The average molecular weight is 605 g/mol. The number of hydrogen-bond acceptors (Lipinski definition) is 6. The normalized spacial score (nSPS) is 12.9. The lowest BCUT2D eigenvalue weighted by Crippen LogP contribution is -2.35. The van der Waals surface area contributed by atoms with Crippen molar-refractivity contribution in [2.45, 2.75) is 44.4 Å². The van der Waals surface area contributed by atoms with E-state index in [1.54, 1.807) is 43.3 Å². The molecule has 9 nitrogen and oxygen atoms in total. The zero-order valence-corrected chi connectivity index (χ0v) is 21.9. The van der Waals surface area contributed by atoms with Gasteiger partial charge in [0.1, 0.15) is 23.9 Å². The fourth-order valence-electron chi connectivity index (χ4n) is 3.97. The monoisotopic (exact) mass is 604 g/mol. The van der Waals surface area contributed by atoms with Crippen LogP contribution < -0.4 is 4.74 Å². The van der Waals surface area contributed by atoms with Crippen molar-refractivity contribution in [2.75, 3.05) is 0 Å². The van der Waals surface area contributed by atoms with Crippen LogP contribution in [-0.4, -0.2) is 47.8 Å². The summed E-state index contributed by atoms with van der Waals surface area (Å²) in [6, 6.07) is 9.54. The van der Waals surface area contributed by atoms with Crippen LogP contribution in [0.1, 0.15) is 58.8 Å². The second-order valence-corrected chi connectivity index (χ2v) is 9.34. The fraction of sp³-hybridized carbons (Fsp3) is 0.292. The Kier molecular flexibility index (Phi) is 8.30. The Hall–Kier alpha value is -3.78. The molecule has 1 unspecified atom stereocenters. The quantitative estimate of drug-likeness (QED) is 0.170. The van der Waals surface area contributed by atoms with Crippen LogP contribution in [0.2, 0.25) is 10.0 Å². The Morgan fingerprint density at radius 3 is 2.38 bits per heavy atom. The number of ether oxygens (including phenoxy) is 1. The van der Waals surface area contributed by atoms with E-state index in [-0.39, 0.29) is 29.7 Å². The first-order chi connectivity index (χ1) is 18.8. The molecule has 16 heteroatoms. The van der Waals surface area contributed by atoms with Crippen LogP contribution in [0.15, 0.2) is 36.4 Å². The van der Waals surface area contributed by atoms with E-state index in [2.05, 4.69) is 25.6 Å². The molecule has 0 amide bonds. The molecule has 0 aliphatic rings. The van der Waals surface area contributed by atoms with Crippen LogP contribution in [-0.2, 0) is 12.5 Å². The molecule has 212 valence electrons. The highest BCUT2D eigenvalue weighted by Crippen LogP contribution is 2.45. The molecule has 2 aromatic heterocycles. The number of tetrazole rings is 1.